The van der Waals surface area contributed by atoms with Crippen molar-refractivity contribution in [2.75, 3.05) is 37.5 Å². The normalized spacial score (nSPS) is 14.3. The molecular weight excluding hydrogens is 735 g/mol. The molecule has 0 unspecified atom stereocenters. The molecule has 0 spiro atoms. The van der Waals surface area contributed by atoms with Gasteiger partial charge in [0.2, 0.25) is 5.88 Å². The second-order valence-electron chi connectivity index (χ2n) is 11.1. The Hall–Kier alpha value is -4.12. The maximum absolute atomic E-state index is 13.5. The zero-order valence-corrected chi connectivity index (χ0v) is 28.6. The molecule has 252 valence electrons. The van der Waals surface area contributed by atoms with Gasteiger partial charge in [-0.3, -0.25) is 14.4 Å². The Morgan fingerprint density at radius 2 is 1.71 bits per heavy atom. The molecule has 3 aromatic heterocycles. The second kappa shape index (κ2) is 13.8. The molecule has 1 N–H and O–H groups in total. The van der Waals surface area contributed by atoms with E-state index in [1.54, 1.807) is 36.4 Å². The van der Waals surface area contributed by atoms with Crippen molar-refractivity contribution in [2.24, 2.45) is 7.05 Å². The molecule has 1 saturated heterocycles. The number of hydrogen-bond donors (Lipinski definition) is 1. The van der Waals surface area contributed by atoms with Gasteiger partial charge in [0.25, 0.3) is 15.9 Å². The number of nitrogens with zero attached hydrogens (tertiary/aromatic N) is 4. The van der Waals surface area contributed by atoms with E-state index in [-0.39, 0.29) is 21.7 Å². The van der Waals surface area contributed by atoms with Crippen molar-refractivity contribution in [1.82, 2.24) is 19.4 Å². The van der Waals surface area contributed by atoms with Gasteiger partial charge in [-0.1, -0.05) is 12.1 Å². The average Bonchev–Trinajstić information content (AvgIpc) is 3.64. The third-order valence-electron chi connectivity index (χ3n) is 7.65. The van der Waals surface area contributed by atoms with Gasteiger partial charge in [0.15, 0.2) is 6.61 Å². The van der Waals surface area contributed by atoms with Gasteiger partial charge in [0.1, 0.15) is 21.4 Å². The van der Waals surface area contributed by atoms with Gasteiger partial charge in [-0.2, -0.15) is 13.2 Å². The molecule has 1 aliphatic rings. The van der Waals surface area contributed by atoms with E-state index >= 15 is 0 Å². The average molecular weight is 765 g/mol. The lowest BCUT2D eigenvalue weighted by atomic mass is 10.2. The lowest BCUT2D eigenvalue weighted by molar-refractivity contribution is -0.153. The molecule has 6 rings (SSSR count). The number of carbonyl (C=O) groups excluding carboxylic acids is 1. The molecule has 1 fully saturated rings. The number of alkyl halides is 3. The highest BCUT2D eigenvalue weighted by Gasteiger charge is 2.28. The SMILES string of the molecule is Cn1c(C(=O)N2CCN(Cc3ccc(OCC(F)(F)F)cc3)CC2)cc2ccc(Oc3ccc(NS(=O)(=O)c4ccc(Br)s4)cn3)cc21. The quantitative estimate of drug-likeness (QED) is 0.165. The number of piperazine rings is 1. The number of ether oxygens (including phenoxy) is 2. The predicted octanol–water partition coefficient (Wildman–Crippen LogP) is 6.89. The summed E-state index contributed by atoms with van der Waals surface area (Å²) in [6.07, 6.45) is -3.01. The van der Waals surface area contributed by atoms with Crippen LogP contribution in [0.3, 0.4) is 0 Å². The largest absolute Gasteiger partial charge is 0.484 e. The Bertz CT molecular complexity index is 2030. The maximum Gasteiger partial charge on any atom is 0.422 e. The zero-order chi connectivity index (χ0) is 34.1. The number of fused-ring (bicyclic) bond motifs is 1. The molecule has 48 heavy (non-hydrogen) atoms. The Morgan fingerprint density at radius 1 is 0.979 bits per heavy atom. The third kappa shape index (κ3) is 8.11. The molecule has 1 amide bonds. The highest BCUT2D eigenvalue weighted by molar-refractivity contribution is 9.11. The summed E-state index contributed by atoms with van der Waals surface area (Å²) in [5.74, 6) is 0.847. The van der Waals surface area contributed by atoms with Crippen molar-refractivity contribution < 1.29 is 35.9 Å². The molecule has 0 aliphatic carbocycles. The number of benzene rings is 2. The van der Waals surface area contributed by atoms with E-state index in [2.05, 4.69) is 30.5 Å². The van der Waals surface area contributed by atoms with Gasteiger partial charge in [-0.05, 0) is 70.0 Å². The van der Waals surface area contributed by atoms with Crippen LogP contribution in [0.15, 0.2) is 87.0 Å². The van der Waals surface area contributed by atoms with Crippen LogP contribution in [0, 0.1) is 0 Å². The number of carbonyl (C=O) groups is 1. The summed E-state index contributed by atoms with van der Waals surface area (Å²) in [5, 5.41) is 0.868. The summed E-state index contributed by atoms with van der Waals surface area (Å²) in [4.78, 5) is 21.8. The van der Waals surface area contributed by atoms with Crippen LogP contribution >= 0.6 is 27.3 Å². The van der Waals surface area contributed by atoms with Crippen LogP contribution in [0.5, 0.6) is 17.4 Å². The minimum atomic E-state index is -4.39. The Balaban J connectivity index is 1.04. The summed E-state index contributed by atoms with van der Waals surface area (Å²) in [6, 6.07) is 20.2. The smallest absolute Gasteiger partial charge is 0.422 e. The molecule has 2 aromatic carbocycles. The lowest BCUT2D eigenvalue weighted by Gasteiger charge is -2.34. The first kappa shape index (κ1) is 33.8. The lowest BCUT2D eigenvalue weighted by Crippen LogP contribution is -2.48. The van der Waals surface area contributed by atoms with Crippen LogP contribution in [0.1, 0.15) is 16.1 Å². The van der Waals surface area contributed by atoms with Crippen LogP contribution < -0.4 is 14.2 Å². The van der Waals surface area contributed by atoms with E-state index in [0.717, 1.165) is 27.8 Å². The molecule has 0 saturated carbocycles. The van der Waals surface area contributed by atoms with Crippen LogP contribution in [0.25, 0.3) is 10.9 Å². The van der Waals surface area contributed by atoms with Crippen LogP contribution in [0.4, 0.5) is 18.9 Å². The number of amides is 1. The minimum absolute atomic E-state index is 0.0865. The maximum atomic E-state index is 13.5. The van der Waals surface area contributed by atoms with E-state index in [4.69, 9.17) is 9.47 Å². The Kier molecular flexibility index (Phi) is 9.69. The molecule has 0 atom stereocenters. The summed E-state index contributed by atoms with van der Waals surface area (Å²) >= 11 is 4.37. The number of anilines is 1. The third-order valence-corrected chi connectivity index (χ3v) is 11.1. The van der Waals surface area contributed by atoms with E-state index in [9.17, 15) is 26.4 Å². The number of aryl methyl sites for hydroxylation is 1. The molecule has 0 radical (unpaired) electrons. The summed E-state index contributed by atoms with van der Waals surface area (Å²) in [6.45, 7) is 1.65. The number of rotatable bonds is 10. The second-order valence-corrected chi connectivity index (χ2v) is 15.4. The van der Waals surface area contributed by atoms with Crippen molar-refractivity contribution in [1.29, 1.82) is 0 Å². The van der Waals surface area contributed by atoms with Crippen molar-refractivity contribution in [3.63, 3.8) is 0 Å². The fourth-order valence-electron chi connectivity index (χ4n) is 5.23. The fourth-order valence-corrected chi connectivity index (χ4v) is 8.29. The van der Waals surface area contributed by atoms with Gasteiger partial charge < -0.3 is 18.9 Å². The molecule has 16 heteroatoms. The minimum Gasteiger partial charge on any atom is -0.484 e. The van der Waals surface area contributed by atoms with Crippen molar-refractivity contribution in [2.45, 2.75) is 16.9 Å². The standard InChI is InChI=1S/C32H29BrF3N5O5S2/c1-39-26-17-25(46-29-10-5-23(18-37-29)38-48(43,44)30-11-9-28(33)47-30)8-4-22(26)16-27(39)31(42)41-14-12-40(13-15-41)19-21-2-6-24(7-3-21)45-20-32(34,35)36/h2-11,16-18,38H,12-15,19-20H2,1H3. The predicted molar refractivity (Wildman–Crippen MR) is 179 cm³/mol. The zero-order valence-electron chi connectivity index (χ0n) is 25.4. The van der Waals surface area contributed by atoms with E-state index in [1.165, 1.54) is 24.4 Å². The first-order chi connectivity index (χ1) is 22.8. The first-order valence-corrected chi connectivity index (χ1v) is 17.7. The number of pyridine rings is 1. The highest BCUT2D eigenvalue weighted by Crippen LogP contribution is 2.30. The molecular formula is C32H29BrF3N5O5S2. The summed E-state index contributed by atoms with van der Waals surface area (Å²) in [5.41, 5.74) is 2.57. The van der Waals surface area contributed by atoms with Gasteiger partial charge in [-0.25, -0.2) is 13.4 Å². The first-order valence-electron chi connectivity index (χ1n) is 14.6. The van der Waals surface area contributed by atoms with Crippen LogP contribution in [0.2, 0.25) is 0 Å². The summed E-state index contributed by atoms with van der Waals surface area (Å²) < 4.78 is 78.3. The van der Waals surface area contributed by atoms with Gasteiger partial charge >= 0.3 is 6.18 Å². The van der Waals surface area contributed by atoms with Crippen LogP contribution in [-0.2, 0) is 23.6 Å². The topological polar surface area (TPSA) is 106 Å². The number of aromatic nitrogens is 2. The number of nitrogens with one attached hydrogen (secondary N) is 1. The fraction of sp³-hybridized carbons (Fsp3) is 0.250. The number of halogens is 4. The monoisotopic (exact) mass is 763 g/mol. The number of thiophene rings is 1. The van der Waals surface area contributed by atoms with Gasteiger partial charge in [0.05, 0.1) is 21.2 Å². The molecule has 4 heterocycles. The summed E-state index contributed by atoms with van der Waals surface area (Å²) in [7, 11) is -1.92. The van der Waals surface area contributed by atoms with Crippen molar-refractivity contribution >= 4 is 59.8 Å². The van der Waals surface area contributed by atoms with Gasteiger partial charge in [0, 0.05) is 57.3 Å². The Labute approximate surface area is 286 Å². The van der Waals surface area contributed by atoms with E-state index in [0.29, 0.717) is 53.6 Å². The molecule has 1 aliphatic heterocycles. The Morgan fingerprint density at radius 3 is 2.35 bits per heavy atom. The van der Waals surface area contributed by atoms with Gasteiger partial charge in [-0.15, -0.1) is 11.3 Å². The van der Waals surface area contributed by atoms with E-state index in [1.807, 2.05) is 34.7 Å². The van der Waals surface area contributed by atoms with Crippen molar-refractivity contribution in [3.8, 4) is 17.4 Å². The highest BCUT2D eigenvalue weighted by atomic mass is 79.9. The van der Waals surface area contributed by atoms with Crippen molar-refractivity contribution in [3.05, 3.63) is 94.0 Å². The van der Waals surface area contributed by atoms with E-state index < -0.39 is 22.8 Å². The molecule has 5 aromatic rings. The molecule has 10 nitrogen and oxygen atoms in total. The molecule has 0 bridgehead atoms. The number of sulfonamides is 1. The number of hydrogen-bond acceptors (Lipinski definition) is 8. The van der Waals surface area contributed by atoms with Crippen LogP contribution in [-0.4, -0.2) is 72.6 Å².